The van der Waals surface area contributed by atoms with Crippen molar-refractivity contribution in [2.45, 2.75) is 37.5 Å². The van der Waals surface area contributed by atoms with E-state index in [9.17, 15) is 13.2 Å². The number of hydrogen-bond donors (Lipinski definition) is 0. The number of carbonyl (C=O) groups excluding carboxylic acids is 1. The molecule has 2 aromatic carbocycles. The fourth-order valence-corrected chi connectivity index (χ4v) is 6.61. The van der Waals surface area contributed by atoms with Gasteiger partial charge in [-0.05, 0) is 31.4 Å². The van der Waals surface area contributed by atoms with Crippen LogP contribution in [0.25, 0.3) is 0 Å². The fraction of sp³-hybridized carbons (Fsp3) is 0.385. The van der Waals surface area contributed by atoms with Gasteiger partial charge in [-0.25, -0.2) is 8.42 Å². The highest BCUT2D eigenvalue weighted by atomic mass is 32.2. The molecule has 34 heavy (non-hydrogen) atoms. The summed E-state index contributed by atoms with van der Waals surface area (Å²) in [4.78, 5) is 15.5. The maximum Gasteiger partial charge on any atom is 0.246 e. The van der Waals surface area contributed by atoms with E-state index in [4.69, 9.17) is 0 Å². The van der Waals surface area contributed by atoms with E-state index >= 15 is 0 Å². The second-order valence-electron chi connectivity index (χ2n) is 8.84. The predicted octanol–water partition coefficient (Wildman–Crippen LogP) is 3.48. The standard InChI is InChI=1S/C26H32N4O3S/c1-20-26(21(2)28(3)27-20)34(32,33)30-16-10-15-29(17-18-30)25(31)19-24(22-11-6-4-7-12-22)23-13-8-5-9-14-23/h4-9,11-14,24H,10,15-19H2,1-3H3. The van der Waals surface area contributed by atoms with Crippen molar-refractivity contribution in [1.29, 1.82) is 0 Å². The second kappa shape index (κ2) is 10.1. The molecule has 1 aliphatic rings. The summed E-state index contributed by atoms with van der Waals surface area (Å²) in [5.74, 6) is 0.00405. The summed E-state index contributed by atoms with van der Waals surface area (Å²) < 4.78 is 29.9. The van der Waals surface area contributed by atoms with Crippen LogP contribution in [0.15, 0.2) is 65.6 Å². The minimum Gasteiger partial charge on any atom is -0.341 e. The molecule has 1 amide bonds. The van der Waals surface area contributed by atoms with Crippen molar-refractivity contribution in [3.63, 3.8) is 0 Å². The Morgan fingerprint density at radius 2 is 1.50 bits per heavy atom. The average molecular weight is 481 g/mol. The molecule has 0 saturated carbocycles. The number of aromatic nitrogens is 2. The lowest BCUT2D eigenvalue weighted by molar-refractivity contribution is -0.131. The Morgan fingerprint density at radius 1 is 0.912 bits per heavy atom. The number of carbonyl (C=O) groups is 1. The summed E-state index contributed by atoms with van der Waals surface area (Å²) >= 11 is 0. The summed E-state index contributed by atoms with van der Waals surface area (Å²) in [5.41, 5.74) is 3.33. The zero-order valence-corrected chi connectivity index (χ0v) is 20.8. The van der Waals surface area contributed by atoms with Gasteiger partial charge in [-0.15, -0.1) is 0 Å². The summed E-state index contributed by atoms with van der Waals surface area (Å²) in [6.07, 6.45) is 0.951. The number of nitrogens with zero attached hydrogens (tertiary/aromatic N) is 4. The van der Waals surface area contributed by atoms with Crippen molar-refractivity contribution in [2.75, 3.05) is 26.2 Å². The van der Waals surface area contributed by atoms with Crippen molar-refractivity contribution in [3.05, 3.63) is 83.2 Å². The first-order valence-corrected chi connectivity index (χ1v) is 13.1. The quantitative estimate of drug-likeness (QED) is 0.541. The summed E-state index contributed by atoms with van der Waals surface area (Å²) in [6.45, 7) is 5.09. The summed E-state index contributed by atoms with van der Waals surface area (Å²) in [5, 5.41) is 4.27. The lowest BCUT2D eigenvalue weighted by Gasteiger charge is -2.25. The van der Waals surface area contributed by atoms with Gasteiger partial charge in [0.25, 0.3) is 0 Å². The molecule has 1 fully saturated rings. The molecule has 8 heteroatoms. The molecular formula is C26H32N4O3S. The van der Waals surface area contributed by atoms with Crippen molar-refractivity contribution in [2.24, 2.45) is 7.05 Å². The lowest BCUT2D eigenvalue weighted by Crippen LogP contribution is -2.38. The maximum absolute atomic E-state index is 13.4. The monoisotopic (exact) mass is 480 g/mol. The van der Waals surface area contributed by atoms with Gasteiger partial charge in [-0.3, -0.25) is 9.48 Å². The first kappa shape index (κ1) is 24.2. The smallest absolute Gasteiger partial charge is 0.246 e. The molecule has 2 heterocycles. The van der Waals surface area contributed by atoms with Gasteiger partial charge in [-0.1, -0.05) is 60.7 Å². The van der Waals surface area contributed by atoms with E-state index in [2.05, 4.69) is 29.4 Å². The van der Waals surface area contributed by atoms with E-state index in [-0.39, 0.29) is 23.3 Å². The van der Waals surface area contributed by atoms with Crippen LogP contribution in [0.5, 0.6) is 0 Å². The molecule has 0 aliphatic carbocycles. The van der Waals surface area contributed by atoms with Crippen molar-refractivity contribution >= 4 is 15.9 Å². The third-order valence-electron chi connectivity index (χ3n) is 6.63. The zero-order valence-electron chi connectivity index (χ0n) is 20.0. The Morgan fingerprint density at radius 3 is 2.03 bits per heavy atom. The molecule has 1 aliphatic heterocycles. The largest absolute Gasteiger partial charge is 0.341 e. The van der Waals surface area contributed by atoms with Crippen LogP contribution < -0.4 is 0 Å². The Labute approximate surface area is 202 Å². The molecule has 1 saturated heterocycles. The SMILES string of the molecule is Cc1nn(C)c(C)c1S(=O)(=O)N1CCCN(C(=O)CC(c2ccccc2)c2ccccc2)CC1. The van der Waals surface area contributed by atoms with Crippen LogP contribution in [0, 0.1) is 13.8 Å². The molecule has 0 radical (unpaired) electrons. The molecule has 180 valence electrons. The first-order valence-electron chi connectivity index (χ1n) is 11.7. The summed E-state index contributed by atoms with van der Waals surface area (Å²) in [7, 11) is -1.92. The van der Waals surface area contributed by atoms with Gasteiger partial charge in [0.05, 0.1) is 11.4 Å². The first-order chi connectivity index (χ1) is 16.3. The molecule has 0 N–H and O–H groups in total. The fourth-order valence-electron chi connectivity index (χ4n) is 4.74. The second-order valence-corrected chi connectivity index (χ2v) is 10.7. The number of rotatable bonds is 6. The third kappa shape index (κ3) is 4.93. The van der Waals surface area contributed by atoms with Crippen LogP contribution in [0.2, 0.25) is 0 Å². The molecular weight excluding hydrogens is 448 g/mol. The number of benzene rings is 2. The van der Waals surface area contributed by atoms with Crippen LogP contribution in [-0.2, 0) is 21.9 Å². The zero-order chi connectivity index (χ0) is 24.3. The van der Waals surface area contributed by atoms with Gasteiger partial charge in [0, 0.05) is 45.6 Å². The third-order valence-corrected chi connectivity index (χ3v) is 8.78. The molecule has 1 aromatic heterocycles. The number of amides is 1. The lowest BCUT2D eigenvalue weighted by atomic mass is 9.88. The Hall–Kier alpha value is -2.97. The highest BCUT2D eigenvalue weighted by Gasteiger charge is 2.33. The Bertz CT molecular complexity index is 1200. The van der Waals surface area contributed by atoms with Crippen LogP contribution in [0.1, 0.15) is 41.3 Å². The Kier molecular flexibility index (Phi) is 7.19. The van der Waals surface area contributed by atoms with E-state index in [1.54, 1.807) is 25.6 Å². The Balaban J connectivity index is 1.50. The number of hydrogen-bond acceptors (Lipinski definition) is 4. The molecule has 0 spiro atoms. The highest BCUT2D eigenvalue weighted by molar-refractivity contribution is 7.89. The normalized spacial score (nSPS) is 15.5. The van der Waals surface area contributed by atoms with E-state index < -0.39 is 10.0 Å². The van der Waals surface area contributed by atoms with Gasteiger partial charge in [0.1, 0.15) is 4.90 Å². The van der Waals surface area contributed by atoms with Crippen molar-refractivity contribution < 1.29 is 13.2 Å². The minimum absolute atomic E-state index is 0.0429. The predicted molar refractivity (Wildman–Crippen MR) is 132 cm³/mol. The van der Waals surface area contributed by atoms with E-state index in [1.165, 1.54) is 4.31 Å². The molecule has 0 unspecified atom stereocenters. The molecule has 7 nitrogen and oxygen atoms in total. The van der Waals surface area contributed by atoms with Crippen LogP contribution in [0.3, 0.4) is 0 Å². The summed E-state index contributed by atoms with van der Waals surface area (Å²) in [6, 6.07) is 20.1. The van der Waals surface area contributed by atoms with Gasteiger partial charge in [0.15, 0.2) is 0 Å². The minimum atomic E-state index is -3.67. The topological polar surface area (TPSA) is 75.5 Å². The highest BCUT2D eigenvalue weighted by Crippen LogP contribution is 2.29. The van der Waals surface area contributed by atoms with E-state index in [0.29, 0.717) is 43.9 Å². The van der Waals surface area contributed by atoms with Crippen LogP contribution in [0.4, 0.5) is 0 Å². The van der Waals surface area contributed by atoms with Crippen LogP contribution in [-0.4, -0.2) is 59.5 Å². The number of aryl methyl sites for hydroxylation is 2. The van der Waals surface area contributed by atoms with Gasteiger partial charge in [-0.2, -0.15) is 9.40 Å². The van der Waals surface area contributed by atoms with Crippen LogP contribution >= 0.6 is 0 Å². The molecule has 0 atom stereocenters. The van der Waals surface area contributed by atoms with Gasteiger partial charge in [0.2, 0.25) is 15.9 Å². The van der Waals surface area contributed by atoms with Gasteiger partial charge >= 0.3 is 0 Å². The van der Waals surface area contributed by atoms with E-state index in [1.807, 2.05) is 41.3 Å². The average Bonchev–Trinajstić information content (AvgIpc) is 3.00. The molecule has 0 bridgehead atoms. The van der Waals surface area contributed by atoms with Crippen molar-refractivity contribution in [3.8, 4) is 0 Å². The molecule has 3 aromatic rings. The maximum atomic E-state index is 13.4. The van der Waals surface area contributed by atoms with Gasteiger partial charge < -0.3 is 4.90 Å². The molecule has 4 rings (SSSR count). The number of sulfonamides is 1. The van der Waals surface area contributed by atoms with E-state index in [0.717, 1.165) is 11.1 Å². The van der Waals surface area contributed by atoms with Crippen molar-refractivity contribution in [1.82, 2.24) is 19.0 Å².